The van der Waals surface area contributed by atoms with Gasteiger partial charge >= 0.3 is 0 Å². The second kappa shape index (κ2) is 6.47. The lowest BCUT2D eigenvalue weighted by molar-refractivity contribution is -0.137. The average molecular weight is 288 g/mol. The molecule has 1 amide bonds. The predicted molar refractivity (Wildman–Crippen MR) is 73.5 cm³/mol. The zero-order chi connectivity index (χ0) is 14.5. The van der Waals surface area contributed by atoms with E-state index in [1.807, 2.05) is 30.3 Å². The fourth-order valence-electron chi connectivity index (χ4n) is 2.02. The Bertz CT molecular complexity index is 593. The summed E-state index contributed by atoms with van der Waals surface area (Å²) >= 11 is 0. The monoisotopic (exact) mass is 288 g/mol. The van der Waals surface area contributed by atoms with Gasteiger partial charge in [-0.3, -0.25) is 9.63 Å². The minimum Gasteiger partial charge on any atom is -0.379 e. The van der Waals surface area contributed by atoms with Crippen molar-refractivity contribution in [1.29, 1.82) is 0 Å². The number of rotatable bonds is 5. The van der Waals surface area contributed by atoms with Crippen molar-refractivity contribution in [2.24, 2.45) is 0 Å². The van der Waals surface area contributed by atoms with E-state index in [0.717, 1.165) is 12.1 Å². The number of carbonyl (C=O) groups excluding carboxylic acids is 1. The number of ether oxygens (including phenoxy) is 1. The highest BCUT2D eigenvalue weighted by Crippen LogP contribution is 2.07. The molecule has 1 N–H and O–H groups in total. The van der Waals surface area contributed by atoms with E-state index >= 15 is 0 Å². The molecule has 0 spiro atoms. The van der Waals surface area contributed by atoms with Crippen molar-refractivity contribution >= 4 is 5.91 Å². The van der Waals surface area contributed by atoms with E-state index in [-0.39, 0.29) is 18.4 Å². The summed E-state index contributed by atoms with van der Waals surface area (Å²) < 4.78 is 5.16. The van der Waals surface area contributed by atoms with Gasteiger partial charge in [-0.25, -0.2) is 5.48 Å². The maximum atomic E-state index is 11.8. The van der Waals surface area contributed by atoms with Crippen LogP contribution >= 0.6 is 0 Å². The molecule has 1 atom stereocenters. The van der Waals surface area contributed by atoms with Gasteiger partial charge in [-0.1, -0.05) is 18.2 Å². The fraction of sp³-hybridized carbons (Fsp3) is 0.357. The van der Waals surface area contributed by atoms with E-state index < -0.39 is 0 Å². The van der Waals surface area contributed by atoms with Gasteiger partial charge in [-0.2, -0.15) is 15.0 Å². The van der Waals surface area contributed by atoms with Crippen LogP contribution in [-0.4, -0.2) is 40.2 Å². The van der Waals surface area contributed by atoms with E-state index in [1.165, 1.54) is 4.80 Å². The van der Waals surface area contributed by atoms with Crippen LogP contribution in [0.3, 0.4) is 0 Å². The van der Waals surface area contributed by atoms with Gasteiger partial charge in [-0.15, -0.1) is 0 Å². The van der Waals surface area contributed by atoms with Gasteiger partial charge in [0.1, 0.15) is 6.10 Å². The molecule has 3 rings (SSSR count). The van der Waals surface area contributed by atoms with Crippen molar-refractivity contribution in [2.45, 2.75) is 18.9 Å². The molecule has 0 bridgehead atoms. The molecule has 21 heavy (non-hydrogen) atoms. The minimum absolute atomic E-state index is 0.0612. The van der Waals surface area contributed by atoms with E-state index in [9.17, 15) is 4.79 Å². The SMILES string of the molecule is O=C(Cc1cnn(-c2ccccc2)n1)NOC1CCOC1. The molecule has 1 fully saturated rings. The third kappa shape index (κ3) is 3.65. The van der Waals surface area contributed by atoms with Crippen LogP contribution in [0.5, 0.6) is 0 Å². The summed E-state index contributed by atoms with van der Waals surface area (Å²) in [5.41, 5.74) is 3.86. The average Bonchev–Trinajstić information content (AvgIpc) is 3.17. The topological polar surface area (TPSA) is 78.3 Å². The number of hydrogen-bond acceptors (Lipinski definition) is 5. The van der Waals surface area contributed by atoms with Gasteiger partial charge in [0.25, 0.3) is 0 Å². The van der Waals surface area contributed by atoms with Crippen LogP contribution in [0.15, 0.2) is 36.5 Å². The molecule has 2 aromatic rings. The van der Waals surface area contributed by atoms with Crippen LogP contribution in [0.2, 0.25) is 0 Å². The van der Waals surface area contributed by atoms with Crippen molar-refractivity contribution in [1.82, 2.24) is 20.5 Å². The Labute approximate surface area is 121 Å². The molecule has 0 saturated carbocycles. The highest BCUT2D eigenvalue weighted by atomic mass is 16.7. The summed E-state index contributed by atoms with van der Waals surface area (Å²) in [6, 6.07) is 9.52. The number of nitrogens with zero attached hydrogens (tertiary/aromatic N) is 3. The van der Waals surface area contributed by atoms with E-state index in [2.05, 4.69) is 15.7 Å². The molecular formula is C14H16N4O3. The van der Waals surface area contributed by atoms with Crippen molar-refractivity contribution < 1.29 is 14.4 Å². The van der Waals surface area contributed by atoms with Crippen LogP contribution < -0.4 is 5.48 Å². The molecule has 1 aliphatic heterocycles. The Hall–Kier alpha value is -2.25. The van der Waals surface area contributed by atoms with Gasteiger partial charge in [0, 0.05) is 13.0 Å². The number of amides is 1. The fourth-order valence-corrected chi connectivity index (χ4v) is 2.02. The number of hydrogen-bond donors (Lipinski definition) is 1. The Morgan fingerprint density at radius 2 is 2.29 bits per heavy atom. The summed E-state index contributed by atoms with van der Waals surface area (Å²) in [6.07, 6.45) is 2.44. The van der Waals surface area contributed by atoms with Gasteiger partial charge in [-0.05, 0) is 12.1 Å². The van der Waals surface area contributed by atoms with Crippen LogP contribution in [0.25, 0.3) is 5.69 Å². The van der Waals surface area contributed by atoms with Crippen molar-refractivity contribution in [3.8, 4) is 5.69 Å². The predicted octanol–water partition coefficient (Wildman–Crippen LogP) is 0.646. The molecule has 1 aromatic carbocycles. The highest BCUT2D eigenvalue weighted by molar-refractivity contribution is 5.76. The summed E-state index contributed by atoms with van der Waals surface area (Å²) in [6.45, 7) is 1.19. The first-order chi connectivity index (χ1) is 10.3. The normalized spacial score (nSPS) is 17.8. The number of aromatic nitrogens is 3. The van der Waals surface area contributed by atoms with Crippen molar-refractivity contribution in [2.75, 3.05) is 13.2 Å². The zero-order valence-corrected chi connectivity index (χ0v) is 11.4. The summed E-state index contributed by atoms with van der Waals surface area (Å²) in [5.74, 6) is -0.248. The van der Waals surface area contributed by atoms with E-state index in [1.54, 1.807) is 6.20 Å². The first-order valence-corrected chi connectivity index (χ1v) is 6.80. The van der Waals surface area contributed by atoms with Gasteiger partial charge in [0.15, 0.2) is 0 Å². The Balaban J connectivity index is 1.53. The Morgan fingerprint density at radius 3 is 3.05 bits per heavy atom. The smallest absolute Gasteiger partial charge is 0.249 e. The lowest BCUT2D eigenvalue weighted by atomic mass is 10.3. The molecule has 110 valence electrons. The second-order valence-electron chi connectivity index (χ2n) is 4.77. The summed E-state index contributed by atoms with van der Waals surface area (Å²) in [4.78, 5) is 18.5. The maximum absolute atomic E-state index is 11.8. The largest absolute Gasteiger partial charge is 0.379 e. The first-order valence-electron chi connectivity index (χ1n) is 6.80. The first kappa shape index (κ1) is 13.7. The van der Waals surface area contributed by atoms with Gasteiger partial charge in [0.05, 0.1) is 30.6 Å². The standard InChI is InChI=1S/C14H16N4O3/c19-14(17-21-13-6-7-20-10-13)8-11-9-15-18(16-11)12-4-2-1-3-5-12/h1-5,9,13H,6-8,10H2,(H,17,19). The quantitative estimate of drug-likeness (QED) is 0.817. The number of nitrogens with one attached hydrogen (secondary N) is 1. The molecule has 7 heteroatoms. The van der Waals surface area contributed by atoms with E-state index in [0.29, 0.717) is 18.9 Å². The molecule has 7 nitrogen and oxygen atoms in total. The zero-order valence-electron chi connectivity index (χ0n) is 11.4. The van der Waals surface area contributed by atoms with Gasteiger partial charge in [0.2, 0.25) is 5.91 Å². The maximum Gasteiger partial charge on any atom is 0.249 e. The molecule has 1 saturated heterocycles. The Kier molecular flexibility index (Phi) is 4.23. The third-order valence-corrected chi connectivity index (χ3v) is 3.10. The van der Waals surface area contributed by atoms with Crippen LogP contribution in [0.4, 0.5) is 0 Å². The number of carbonyl (C=O) groups is 1. The number of hydroxylamine groups is 1. The summed E-state index contributed by atoms with van der Waals surface area (Å²) in [7, 11) is 0. The van der Waals surface area contributed by atoms with Crippen molar-refractivity contribution in [3.05, 3.63) is 42.2 Å². The van der Waals surface area contributed by atoms with Crippen LogP contribution in [-0.2, 0) is 20.8 Å². The third-order valence-electron chi connectivity index (χ3n) is 3.10. The molecule has 1 unspecified atom stereocenters. The summed E-state index contributed by atoms with van der Waals surface area (Å²) in [5, 5.41) is 8.41. The lowest BCUT2D eigenvalue weighted by Crippen LogP contribution is -2.31. The second-order valence-corrected chi connectivity index (χ2v) is 4.77. The highest BCUT2D eigenvalue weighted by Gasteiger charge is 2.18. The van der Waals surface area contributed by atoms with Crippen LogP contribution in [0, 0.1) is 0 Å². The van der Waals surface area contributed by atoms with Crippen molar-refractivity contribution in [3.63, 3.8) is 0 Å². The van der Waals surface area contributed by atoms with Gasteiger partial charge < -0.3 is 4.74 Å². The number of benzene rings is 1. The Morgan fingerprint density at radius 1 is 1.43 bits per heavy atom. The lowest BCUT2D eigenvalue weighted by Gasteiger charge is -2.09. The van der Waals surface area contributed by atoms with E-state index in [4.69, 9.17) is 9.57 Å². The molecule has 1 aromatic heterocycles. The number of para-hydroxylation sites is 1. The molecule has 1 aliphatic rings. The molecule has 2 heterocycles. The molecule has 0 aliphatic carbocycles. The molecular weight excluding hydrogens is 272 g/mol. The molecule has 0 radical (unpaired) electrons. The van der Waals surface area contributed by atoms with Crippen LogP contribution in [0.1, 0.15) is 12.1 Å². The minimum atomic E-state index is -0.248.